The van der Waals surface area contributed by atoms with Crippen molar-refractivity contribution in [3.63, 3.8) is 0 Å². The van der Waals surface area contributed by atoms with Crippen molar-refractivity contribution < 1.29 is 9.18 Å². The van der Waals surface area contributed by atoms with Crippen LogP contribution in [0, 0.1) is 12.7 Å². The molecule has 0 heterocycles. The molecular formula is C16H17FN2O. The van der Waals surface area contributed by atoms with Crippen LogP contribution in [0.5, 0.6) is 0 Å². The molecule has 104 valence electrons. The van der Waals surface area contributed by atoms with Gasteiger partial charge in [-0.25, -0.2) is 4.39 Å². The second kappa shape index (κ2) is 6.30. The maximum Gasteiger partial charge on any atom is 0.255 e. The Labute approximate surface area is 117 Å². The quantitative estimate of drug-likeness (QED) is 0.898. The second-order valence-electron chi connectivity index (χ2n) is 4.65. The van der Waals surface area contributed by atoms with Crippen molar-refractivity contribution in [1.29, 1.82) is 0 Å². The predicted molar refractivity (Wildman–Crippen MR) is 78.3 cm³/mol. The average molecular weight is 272 g/mol. The zero-order valence-electron chi connectivity index (χ0n) is 11.5. The van der Waals surface area contributed by atoms with Gasteiger partial charge in [0.05, 0.1) is 0 Å². The lowest BCUT2D eigenvalue weighted by Gasteiger charge is -2.08. The summed E-state index contributed by atoms with van der Waals surface area (Å²) in [6, 6.07) is 12.0. The van der Waals surface area contributed by atoms with Gasteiger partial charge in [0.25, 0.3) is 5.91 Å². The summed E-state index contributed by atoms with van der Waals surface area (Å²) in [4.78, 5) is 12.1. The standard InChI is InChI=1S/C16H17FN2O/c1-11-6-7-13(9-15(11)17)16(20)19-14-5-3-4-12(8-14)10-18-2/h3-9,18H,10H2,1-2H3,(H,19,20). The lowest BCUT2D eigenvalue weighted by atomic mass is 10.1. The molecule has 2 aromatic carbocycles. The fourth-order valence-electron chi connectivity index (χ4n) is 1.90. The van der Waals surface area contributed by atoms with E-state index in [9.17, 15) is 9.18 Å². The van der Waals surface area contributed by atoms with Crippen molar-refractivity contribution in [2.45, 2.75) is 13.5 Å². The Kier molecular flexibility index (Phi) is 4.48. The highest BCUT2D eigenvalue weighted by Crippen LogP contribution is 2.14. The minimum atomic E-state index is -0.374. The Balaban J connectivity index is 2.14. The molecule has 0 saturated carbocycles. The van der Waals surface area contributed by atoms with Crippen molar-refractivity contribution >= 4 is 11.6 Å². The zero-order valence-corrected chi connectivity index (χ0v) is 11.5. The SMILES string of the molecule is CNCc1cccc(NC(=O)c2ccc(C)c(F)c2)c1. The normalized spacial score (nSPS) is 10.3. The minimum absolute atomic E-state index is 0.312. The number of halogens is 1. The van der Waals surface area contributed by atoms with Crippen molar-refractivity contribution in [3.8, 4) is 0 Å². The Bertz CT molecular complexity index is 626. The van der Waals surface area contributed by atoms with Crippen LogP contribution < -0.4 is 10.6 Å². The van der Waals surface area contributed by atoms with Gasteiger partial charge in [-0.2, -0.15) is 0 Å². The predicted octanol–water partition coefficient (Wildman–Crippen LogP) is 3.11. The topological polar surface area (TPSA) is 41.1 Å². The molecule has 0 bridgehead atoms. The number of amides is 1. The largest absolute Gasteiger partial charge is 0.322 e. The Morgan fingerprint density at radius 3 is 2.70 bits per heavy atom. The summed E-state index contributed by atoms with van der Waals surface area (Å²) in [6.07, 6.45) is 0. The Morgan fingerprint density at radius 2 is 2.00 bits per heavy atom. The van der Waals surface area contributed by atoms with E-state index in [1.54, 1.807) is 19.1 Å². The first kappa shape index (κ1) is 14.2. The van der Waals surface area contributed by atoms with Crippen LogP contribution in [-0.4, -0.2) is 13.0 Å². The number of carbonyl (C=O) groups is 1. The molecule has 0 aromatic heterocycles. The molecule has 2 rings (SSSR count). The van der Waals surface area contributed by atoms with Gasteiger partial charge in [-0.1, -0.05) is 18.2 Å². The molecular weight excluding hydrogens is 255 g/mol. The summed E-state index contributed by atoms with van der Waals surface area (Å²) in [6.45, 7) is 2.39. The van der Waals surface area contributed by atoms with Gasteiger partial charge in [0.15, 0.2) is 0 Å². The van der Waals surface area contributed by atoms with Gasteiger partial charge in [-0.05, 0) is 49.4 Å². The lowest BCUT2D eigenvalue weighted by Crippen LogP contribution is -2.13. The Morgan fingerprint density at radius 1 is 1.20 bits per heavy atom. The fourth-order valence-corrected chi connectivity index (χ4v) is 1.90. The van der Waals surface area contributed by atoms with Crippen LogP contribution >= 0.6 is 0 Å². The molecule has 0 aliphatic rings. The van der Waals surface area contributed by atoms with Crippen LogP contribution in [-0.2, 0) is 6.54 Å². The van der Waals surface area contributed by atoms with Crippen molar-refractivity contribution in [2.75, 3.05) is 12.4 Å². The second-order valence-corrected chi connectivity index (χ2v) is 4.65. The number of aryl methyl sites for hydroxylation is 1. The molecule has 4 heteroatoms. The fraction of sp³-hybridized carbons (Fsp3) is 0.188. The number of carbonyl (C=O) groups excluding carboxylic acids is 1. The maximum absolute atomic E-state index is 13.5. The number of hydrogen-bond acceptors (Lipinski definition) is 2. The smallest absolute Gasteiger partial charge is 0.255 e. The zero-order chi connectivity index (χ0) is 14.5. The first-order chi connectivity index (χ1) is 9.60. The summed E-state index contributed by atoms with van der Waals surface area (Å²) < 4.78 is 13.5. The van der Waals surface area contributed by atoms with Gasteiger partial charge >= 0.3 is 0 Å². The van der Waals surface area contributed by atoms with Crippen LogP contribution in [0.4, 0.5) is 10.1 Å². The van der Waals surface area contributed by atoms with E-state index in [4.69, 9.17) is 0 Å². The third kappa shape index (κ3) is 3.42. The molecule has 1 amide bonds. The van der Waals surface area contributed by atoms with Crippen LogP contribution in [0.15, 0.2) is 42.5 Å². The van der Waals surface area contributed by atoms with Crippen LogP contribution in [0.1, 0.15) is 21.5 Å². The van der Waals surface area contributed by atoms with E-state index in [-0.39, 0.29) is 11.7 Å². The first-order valence-electron chi connectivity index (χ1n) is 6.41. The van der Waals surface area contributed by atoms with E-state index in [1.165, 1.54) is 6.07 Å². The molecule has 0 aliphatic carbocycles. The van der Waals surface area contributed by atoms with Crippen LogP contribution in [0.25, 0.3) is 0 Å². The summed E-state index contributed by atoms with van der Waals surface area (Å²) in [7, 11) is 1.86. The summed E-state index contributed by atoms with van der Waals surface area (Å²) >= 11 is 0. The summed E-state index contributed by atoms with van der Waals surface area (Å²) in [5.74, 6) is -0.688. The minimum Gasteiger partial charge on any atom is -0.322 e. The van der Waals surface area contributed by atoms with Gasteiger partial charge in [-0.3, -0.25) is 4.79 Å². The molecule has 0 radical (unpaired) electrons. The van der Waals surface area contributed by atoms with E-state index >= 15 is 0 Å². The molecule has 0 unspecified atom stereocenters. The Hall–Kier alpha value is -2.20. The average Bonchev–Trinajstić information content (AvgIpc) is 2.42. The van der Waals surface area contributed by atoms with Crippen LogP contribution in [0.2, 0.25) is 0 Å². The highest BCUT2D eigenvalue weighted by Gasteiger charge is 2.08. The highest BCUT2D eigenvalue weighted by atomic mass is 19.1. The molecule has 0 spiro atoms. The summed E-state index contributed by atoms with van der Waals surface area (Å²) in [5, 5.41) is 5.82. The number of nitrogens with one attached hydrogen (secondary N) is 2. The number of benzene rings is 2. The van der Waals surface area contributed by atoms with Gasteiger partial charge < -0.3 is 10.6 Å². The molecule has 20 heavy (non-hydrogen) atoms. The molecule has 3 nitrogen and oxygen atoms in total. The molecule has 0 aliphatic heterocycles. The van der Waals surface area contributed by atoms with E-state index < -0.39 is 0 Å². The third-order valence-corrected chi connectivity index (χ3v) is 3.00. The van der Waals surface area contributed by atoms with E-state index in [2.05, 4.69) is 10.6 Å². The van der Waals surface area contributed by atoms with E-state index in [0.29, 0.717) is 16.8 Å². The van der Waals surface area contributed by atoms with Gasteiger partial charge in [0, 0.05) is 17.8 Å². The number of hydrogen-bond donors (Lipinski definition) is 2. The first-order valence-corrected chi connectivity index (χ1v) is 6.41. The molecule has 2 aromatic rings. The van der Waals surface area contributed by atoms with Gasteiger partial charge in [0.2, 0.25) is 0 Å². The molecule has 0 atom stereocenters. The van der Waals surface area contributed by atoms with Crippen LogP contribution in [0.3, 0.4) is 0 Å². The third-order valence-electron chi connectivity index (χ3n) is 3.00. The van der Waals surface area contributed by atoms with Gasteiger partial charge in [0.1, 0.15) is 5.82 Å². The van der Waals surface area contributed by atoms with Crippen molar-refractivity contribution in [2.24, 2.45) is 0 Å². The van der Waals surface area contributed by atoms with Gasteiger partial charge in [-0.15, -0.1) is 0 Å². The highest BCUT2D eigenvalue weighted by molar-refractivity contribution is 6.04. The number of rotatable bonds is 4. The number of anilines is 1. The summed E-state index contributed by atoms with van der Waals surface area (Å²) in [5.41, 5.74) is 2.61. The maximum atomic E-state index is 13.5. The lowest BCUT2D eigenvalue weighted by molar-refractivity contribution is 0.102. The molecule has 2 N–H and O–H groups in total. The van der Waals surface area contributed by atoms with Crippen molar-refractivity contribution in [3.05, 3.63) is 65.0 Å². The molecule has 0 fully saturated rings. The van der Waals surface area contributed by atoms with Crippen molar-refractivity contribution in [1.82, 2.24) is 5.32 Å². The van der Waals surface area contributed by atoms with E-state index in [1.807, 2.05) is 31.3 Å². The van der Waals surface area contributed by atoms with E-state index in [0.717, 1.165) is 12.1 Å². The monoisotopic (exact) mass is 272 g/mol. The molecule has 0 saturated heterocycles.